The van der Waals surface area contributed by atoms with E-state index in [1.54, 1.807) is 18.2 Å². The van der Waals surface area contributed by atoms with Gasteiger partial charge >= 0.3 is 0 Å². The number of nitrogen functional groups attached to an aromatic ring is 1. The highest BCUT2D eigenvalue weighted by atomic mass is 35.5. The average molecular weight is 311 g/mol. The molecule has 4 nitrogen and oxygen atoms in total. The molecule has 1 aliphatic carbocycles. The second-order valence-electron chi connectivity index (χ2n) is 5.70. The van der Waals surface area contributed by atoms with Crippen molar-refractivity contribution in [1.29, 1.82) is 0 Å². The molecule has 5 heteroatoms. The summed E-state index contributed by atoms with van der Waals surface area (Å²) in [4.78, 5) is 11.9. The standard InChI is InChI=1S/C16H23ClN2O2/c1-11-4-2-3-5-15(11)21-9-8-16(20)19-14-7-6-12(17)10-13(14)18/h6-7,10-11,15H,2-5,8-9,18H2,1H3,(H,19,20). The maximum Gasteiger partial charge on any atom is 0.226 e. The Morgan fingerprint density at radius 2 is 2.19 bits per heavy atom. The van der Waals surface area contributed by atoms with Gasteiger partial charge in [-0.05, 0) is 37.0 Å². The Hall–Kier alpha value is -1.26. The number of hydrogen-bond donors (Lipinski definition) is 2. The predicted octanol–water partition coefficient (Wildman–Crippen LogP) is 3.85. The summed E-state index contributed by atoms with van der Waals surface area (Å²) >= 11 is 5.82. The highest BCUT2D eigenvalue weighted by Crippen LogP contribution is 2.26. The van der Waals surface area contributed by atoms with Gasteiger partial charge < -0.3 is 15.8 Å². The molecule has 116 valence electrons. The molecule has 0 aromatic heterocycles. The zero-order valence-corrected chi connectivity index (χ0v) is 13.2. The van der Waals surface area contributed by atoms with Gasteiger partial charge in [-0.1, -0.05) is 31.4 Å². The first-order valence-electron chi connectivity index (χ1n) is 7.52. The van der Waals surface area contributed by atoms with Crippen molar-refractivity contribution in [2.75, 3.05) is 17.7 Å². The van der Waals surface area contributed by atoms with Crippen LogP contribution in [-0.2, 0) is 9.53 Å². The summed E-state index contributed by atoms with van der Waals surface area (Å²) in [5, 5.41) is 3.34. The zero-order chi connectivity index (χ0) is 15.2. The smallest absolute Gasteiger partial charge is 0.226 e. The average Bonchev–Trinajstić information content (AvgIpc) is 2.44. The Balaban J connectivity index is 1.74. The van der Waals surface area contributed by atoms with E-state index in [2.05, 4.69) is 12.2 Å². The number of halogens is 1. The first kappa shape index (κ1) is 16.1. The second kappa shape index (κ2) is 7.66. The van der Waals surface area contributed by atoms with Crippen molar-refractivity contribution >= 4 is 28.9 Å². The molecular formula is C16H23ClN2O2. The number of carbonyl (C=O) groups excluding carboxylic acids is 1. The summed E-state index contributed by atoms with van der Waals surface area (Å²) in [7, 11) is 0. The second-order valence-corrected chi connectivity index (χ2v) is 6.14. The molecule has 2 rings (SSSR count). The number of anilines is 2. The van der Waals surface area contributed by atoms with Crippen LogP contribution in [0.3, 0.4) is 0 Å². The minimum Gasteiger partial charge on any atom is -0.397 e. The lowest BCUT2D eigenvalue weighted by molar-refractivity contribution is -0.118. The molecule has 21 heavy (non-hydrogen) atoms. The van der Waals surface area contributed by atoms with Gasteiger partial charge in [0.25, 0.3) is 0 Å². The number of hydrogen-bond acceptors (Lipinski definition) is 3. The van der Waals surface area contributed by atoms with Crippen molar-refractivity contribution in [3.8, 4) is 0 Å². The topological polar surface area (TPSA) is 64.3 Å². The van der Waals surface area contributed by atoms with Gasteiger partial charge in [-0.2, -0.15) is 0 Å². The van der Waals surface area contributed by atoms with Crippen LogP contribution in [0.1, 0.15) is 39.0 Å². The number of ether oxygens (including phenoxy) is 1. The molecule has 1 aromatic carbocycles. The van der Waals surface area contributed by atoms with Crippen molar-refractivity contribution in [2.24, 2.45) is 5.92 Å². The molecule has 0 bridgehead atoms. The van der Waals surface area contributed by atoms with Gasteiger partial charge in [0, 0.05) is 5.02 Å². The number of nitrogens with one attached hydrogen (secondary N) is 1. The molecule has 1 aromatic rings. The molecule has 2 unspecified atom stereocenters. The summed E-state index contributed by atoms with van der Waals surface area (Å²) < 4.78 is 5.84. The summed E-state index contributed by atoms with van der Waals surface area (Å²) in [6.45, 7) is 2.67. The van der Waals surface area contributed by atoms with Crippen molar-refractivity contribution in [1.82, 2.24) is 0 Å². The fourth-order valence-electron chi connectivity index (χ4n) is 2.69. The van der Waals surface area contributed by atoms with Crippen molar-refractivity contribution in [2.45, 2.75) is 45.1 Å². The van der Waals surface area contributed by atoms with Crippen LogP contribution in [-0.4, -0.2) is 18.6 Å². The first-order chi connectivity index (χ1) is 10.1. The molecule has 1 amide bonds. The predicted molar refractivity (Wildman–Crippen MR) is 86.5 cm³/mol. The SMILES string of the molecule is CC1CCCCC1OCCC(=O)Nc1ccc(Cl)cc1N. The van der Waals surface area contributed by atoms with Crippen LogP contribution in [0.15, 0.2) is 18.2 Å². The van der Waals surface area contributed by atoms with E-state index in [1.807, 2.05) is 0 Å². The van der Waals surface area contributed by atoms with Crippen LogP contribution < -0.4 is 11.1 Å². The summed E-state index contributed by atoms with van der Waals surface area (Å²) in [6.07, 6.45) is 5.48. The van der Waals surface area contributed by atoms with E-state index in [1.165, 1.54) is 19.3 Å². The van der Waals surface area contributed by atoms with E-state index in [0.717, 1.165) is 6.42 Å². The third-order valence-corrected chi connectivity index (χ3v) is 4.22. The van der Waals surface area contributed by atoms with Crippen LogP contribution in [0.25, 0.3) is 0 Å². The van der Waals surface area contributed by atoms with Gasteiger partial charge in [0.2, 0.25) is 5.91 Å². The third-order valence-electron chi connectivity index (χ3n) is 3.98. The molecule has 1 fully saturated rings. The maximum absolute atomic E-state index is 11.9. The maximum atomic E-state index is 11.9. The summed E-state index contributed by atoms with van der Waals surface area (Å²) in [5.41, 5.74) is 6.87. The lowest BCUT2D eigenvalue weighted by Gasteiger charge is -2.28. The molecule has 3 N–H and O–H groups in total. The third kappa shape index (κ3) is 4.90. The van der Waals surface area contributed by atoms with Crippen molar-refractivity contribution in [3.63, 3.8) is 0 Å². The van der Waals surface area contributed by atoms with Crippen LogP contribution in [0.2, 0.25) is 5.02 Å². The molecule has 2 atom stereocenters. The fourth-order valence-corrected chi connectivity index (χ4v) is 2.87. The number of amides is 1. The molecule has 0 saturated heterocycles. The van der Waals surface area contributed by atoms with Crippen molar-refractivity contribution in [3.05, 3.63) is 23.2 Å². The van der Waals surface area contributed by atoms with Crippen LogP contribution >= 0.6 is 11.6 Å². The van der Waals surface area contributed by atoms with E-state index in [9.17, 15) is 4.79 Å². The van der Waals surface area contributed by atoms with E-state index in [-0.39, 0.29) is 5.91 Å². The highest BCUT2D eigenvalue weighted by molar-refractivity contribution is 6.31. The van der Waals surface area contributed by atoms with Gasteiger partial charge in [0.15, 0.2) is 0 Å². The quantitative estimate of drug-likeness (QED) is 0.812. The fraction of sp³-hybridized carbons (Fsp3) is 0.562. The number of nitrogens with two attached hydrogens (primary N) is 1. The Morgan fingerprint density at radius 3 is 2.90 bits per heavy atom. The normalized spacial score (nSPS) is 22.0. The highest BCUT2D eigenvalue weighted by Gasteiger charge is 2.21. The van der Waals surface area contributed by atoms with E-state index < -0.39 is 0 Å². The van der Waals surface area contributed by atoms with E-state index in [0.29, 0.717) is 41.4 Å². The van der Waals surface area contributed by atoms with E-state index >= 15 is 0 Å². The lowest BCUT2D eigenvalue weighted by atomic mass is 9.88. The van der Waals surface area contributed by atoms with Crippen LogP contribution in [0, 0.1) is 5.92 Å². The first-order valence-corrected chi connectivity index (χ1v) is 7.90. The summed E-state index contributed by atoms with van der Waals surface area (Å²) in [5.74, 6) is 0.501. The Bertz CT molecular complexity index is 493. The van der Waals surface area contributed by atoms with Crippen LogP contribution in [0.4, 0.5) is 11.4 Å². The van der Waals surface area contributed by atoms with Gasteiger partial charge in [0.1, 0.15) is 0 Å². The Kier molecular flexibility index (Phi) is 5.88. The zero-order valence-electron chi connectivity index (χ0n) is 12.4. The molecule has 0 spiro atoms. The molecule has 1 aliphatic rings. The molecule has 1 saturated carbocycles. The molecule has 0 radical (unpaired) electrons. The largest absolute Gasteiger partial charge is 0.397 e. The Labute approximate surface area is 131 Å². The van der Waals surface area contributed by atoms with E-state index in [4.69, 9.17) is 22.1 Å². The number of carbonyl (C=O) groups is 1. The lowest BCUT2D eigenvalue weighted by Crippen LogP contribution is -2.27. The van der Waals surface area contributed by atoms with Gasteiger partial charge in [0.05, 0.1) is 30.5 Å². The molecular weight excluding hydrogens is 288 g/mol. The van der Waals surface area contributed by atoms with Crippen LogP contribution in [0.5, 0.6) is 0 Å². The number of benzene rings is 1. The minimum absolute atomic E-state index is 0.0903. The number of rotatable bonds is 5. The summed E-state index contributed by atoms with van der Waals surface area (Å²) in [6, 6.07) is 5.03. The van der Waals surface area contributed by atoms with Gasteiger partial charge in [-0.3, -0.25) is 4.79 Å². The van der Waals surface area contributed by atoms with Crippen molar-refractivity contribution < 1.29 is 9.53 Å². The molecule has 0 heterocycles. The minimum atomic E-state index is -0.0903. The Morgan fingerprint density at radius 1 is 1.43 bits per heavy atom. The van der Waals surface area contributed by atoms with Gasteiger partial charge in [-0.15, -0.1) is 0 Å². The monoisotopic (exact) mass is 310 g/mol. The molecule has 0 aliphatic heterocycles. The van der Waals surface area contributed by atoms with Gasteiger partial charge in [-0.25, -0.2) is 0 Å².